The highest BCUT2D eigenvalue weighted by atomic mass is 16.3. The third kappa shape index (κ3) is 4.30. The SMILES string of the molecule is CC(C)(O)Cn1ccc(Cc2ccc(-c3ccncc3)cc2)c1. The monoisotopic (exact) mass is 306 g/mol. The van der Waals surface area contributed by atoms with Crippen LogP contribution in [0, 0.1) is 0 Å². The van der Waals surface area contributed by atoms with Crippen LogP contribution in [0.3, 0.4) is 0 Å². The lowest BCUT2D eigenvalue weighted by Gasteiger charge is -2.17. The maximum absolute atomic E-state index is 9.88. The summed E-state index contributed by atoms with van der Waals surface area (Å²) in [5.41, 5.74) is 4.23. The van der Waals surface area contributed by atoms with E-state index in [1.165, 1.54) is 22.3 Å². The van der Waals surface area contributed by atoms with Crippen LogP contribution in [0.15, 0.2) is 67.3 Å². The number of benzene rings is 1. The highest BCUT2D eigenvalue weighted by Gasteiger charge is 2.13. The van der Waals surface area contributed by atoms with E-state index in [0.717, 1.165) is 6.42 Å². The molecule has 0 saturated carbocycles. The lowest BCUT2D eigenvalue weighted by Crippen LogP contribution is -2.25. The van der Waals surface area contributed by atoms with Crippen molar-refractivity contribution >= 4 is 0 Å². The first-order chi connectivity index (χ1) is 11.0. The third-order valence-electron chi connectivity index (χ3n) is 3.76. The number of hydrogen-bond donors (Lipinski definition) is 1. The molecule has 3 rings (SSSR count). The average molecular weight is 306 g/mol. The molecule has 2 heterocycles. The summed E-state index contributed by atoms with van der Waals surface area (Å²) in [4.78, 5) is 4.05. The van der Waals surface area contributed by atoms with Crippen LogP contribution < -0.4 is 0 Å². The quantitative estimate of drug-likeness (QED) is 0.776. The molecule has 0 aliphatic carbocycles. The zero-order valence-electron chi connectivity index (χ0n) is 13.6. The Hall–Kier alpha value is -2.39. The Morgan fingerprint density at radius 2 is 1.57 bits per heavy atom. The van der Waals surface area contributed by atoms with Crippen molar-refractivity contribution in [3.8, 4) is 11.1 Å². The van der Waals surface area contributed by atoms with E-state index in [9.17, 15) is 5.11 Å². The highest BCUT2D eigenvalue weighted by Crippen LogP contribution is 2.20. The van der Waals surface area contributed by atoms with Gasteiger partial charge in [0, 0.05) is 24.8 Å². The van der Waals surface area contributed by atoms with Crippen molar-refractivity contribution in [2.45, 2.75) is 32.4 Å². The summed E-state index contributed by atoms with van der Waals surface area (Å²) in [6.07, 6.45) is 8.66. The van der Waals surface area contributed by atoms with E-state index in [1.807, 2.05) is 49.1 Å². The summed E-state index contributed by atoms with van der Waals surface area (Å²) in [7, 11) is 0. The maximum atomic E-state index is 9.88. The second-order valence-electron chi connectivity index (χ2n) is 6.61. The third-order valence-corrected chi connectivity index (χ3v) is 3.76. The molecule has 0 atom stereocenters. The normalized spacial score (nSPS) is 11.6. The Balaban J connectivity index is 1.69. The molecule has 3 heteroatoms. The zero-order valence-corrected chi connectivity index (χ0v) is 13.6. The predicted molar refractivity (Wildman–Crippen MR) is 93.2 cm³/mol. The van der Waals surface area contributed by atoms with Gasteiger partial charge in [-0.1, -0.05) is 24.3 Å². The van der Waals surface area contributed by atoms with Crippen LogP contribution in [0.4, 0.5) is 0 Å². The number of rotatable bonds is 5. The molecule has 2 aromatic heterocycles. The van der Waals surface area contributed by atoms with Gasteiger partial charge < -0.3 is 9.67 Å². The van der Waals surface area contributed by atoms with Gasteiger partial charge in [-0.2, -0.15) is 0 Å². The fourth-order valence-electron chi connectivity index (χ4n) is 2.74. The lowest BCUT2D eigenvalue weighted by molar-refractivity contribution is 0.0616. The summed E-state index contributed by atoms with van der Waals surface area (Å²) >= 11 is 0. The molecular formula is C20H22N2O. The summed E-state index contributed by atoms with van der Waals surface area (Å²) in [5, 5.41) is 9.88. The van der Waals surface area contributed by atoms with Crippen LogP contribution in [0.5, 0.6) is 0 Å². The molecule has 1 aromatic carbocycles. The Morgan fingerprint density at radius 1 is 0.913 bits per heavy atom. The van der Waals surface area contributed by atoms with Crippen molar-refractivity contribution in [2.24, 2.45) is 0 Å². The summed E-state index contributed by atoms with van der Waals surface area (Å²) in [6.45, 7) is 4.25. The van der Waals surface area contributed by atoms with Gasteiger partial charge in [0.25, 0.3) is 0 Å². The van der Waals surface area contributed by atoms with Gasteiger partial charge in [-0.15, -0.1) is 0 Å². The standard InChI is InChI=1S/C20H22N2O/c1-20(2,23)15-22-12-9-17(14-22)13-16-3-5-18(6-4-16)19-7-10-21-11-8-19/h3-12,14,23H,13,15H2,1-2H3. The Kier molecular flexibility index (Phi) is 4.30. The molecule has 23 heavy (non-hydrogen) atoms. The van der Waals surface area contributed by atoms with E-state index in [-0.39, 0.29) is 0 Å². The first-order valence-corrected chi connectivity index (χ1v) is 7.86. The van der Waals surface area contributed by atoms with E-state index < -0.39 is 5.60 Å². The largest absolute Gasteiger partial charge is 0.389 e. The van der Waals surface area contributed by atoms with Crippen LogP contribution in [0.2, 0.25) is 0 Å². The van der Waals surface area contributed by atoms with E-state index in [2.05, 4.69) is 41.5 Å². The van der Waals surface area contributed by atoms with Gasteiger partial charge in [-0.25, -0.2) is 0 Å². The van der Waals surface area contributed by atoms with E-state index in [1.54, 1.807) is 0 Å². The molecule has 0 spiro atoms. The predicted octanol–water partition coefficient (Wildman–Crippen LogP) is 3.91. The van der Waals surface area contributed by atoms with E-state index in [0.29, 0.717) is 6.54 Å². The van der Waals surface area contributed by atoms with Gasteiger partial charge in [0.1, 0.15) is 0 Å². The number of pyridine rings is 1. The molecule has 118 valence electrons. The summed E-state index contributed by atoms with van der Waals surface area (Å²) in [5.74, 6) is 0. The van der Waals surface area contributed by atoms with Crippen LogP contribution in [0.25, 0.3) is 11.1 Å². The van der Waals surface area contributed by atoms with Crippen molar-refractivity contribution in [1.29, 1.82) is 0 Å². The van der Waals surface area contributed by atoms with Crippen molar-refractivity contribution in [3.63, 3.8) is 0 Å². The van der Waals surface area contributed by atoms with Gasteiger partial charge in [0.15, 0.2) is 0 Å². The first kappa shape index (κ1) is 15.5. The van der Waals surface area contributed by atoms with Gasteiger partial charge in [-0.05, 0) is 60.7 Å². The van der Waals surface area contributed by atoms with Gasteiger partial charge in [0.05, 0.1) is 12.1 Å². The van der Waals surface area contributed by atoms with Crippen LogP contribution in [-0.4, -0.2) is 20.3 Å². The fourth-order valence-corrected chi connectivity index (χ4v) is 2.74. The molecule has 1 N–H and O–H groups in total. The van der Waals surface area contributed by atoms with E-state index >= 15 is 0 Å². The summed E-state index contributed by atoms with van der Waals surface area (Å²) in [6, 6.07) is 14.8. The smallest absolute Gasteiger partial charge is 0.0769 e. The molecular weight excluding hydrogens is 284 g/mol. The second-order valence-corrected chi connectivity index (χ2v) is 6.61. The zero-order chi connectivity index (χ0) is 16.3. The number of nitrogens with zero attached hydrogens (tertiary/aromatic N) is 2. The molecule has 0 amide bonds. The molecule has 0 saturated heterocycles. The number of hydrogen-bond acceptors (Lipinski definition) is 2. The molecule has 3 aromatic rings. The van der Waals surface area contributed by atoms with Gasteiger partial charge in [0.2, 0.25) is 0 Å². The average Bonchev–Trinajstić information content (AvgIpc) is 2.94. The number of aromatic nitrogens is 2. The molecule has 0 radical (unpaired) electrons. The lowest BCUT2D eigenvalue weighted by atomic mass is 10.0. The Bertz CT molecular complexity index is 752. The minimum atomic E-state index is -0.692. The molecule has 0 aliphatic heterocycles. The summed E-state index contributed by atoms with van der Waals surface area (Å²) < 4.78 is 2.04. The van der Waals surface area contributed by atoms with Crippen molar-refractivity contribution in [1.82, 2.24) is 9.55 Å². The highest BCUT2D eigenvalue weighted by molar-refractivity contribution is 5.62. The van der Waals surface area contributed by atoms with Gasteiger partial charge in [-0.3, -0.25) is 4.98 Å². The molecule has 0 fully saturated rings. The topological polar surface area (TPSA) is 38.0 Å². The van der Waals surface area contributed by atoms with Crippen molar-refractivity contribution in [2.75, 3.05) is 0 Å². The maximum Gasteiger partial charge on any atom is 0.0769 e. The van der Waals surface area contributed by atoms with Crippen molar-refractivity contribution < 1.29 is 5.11 Å². The van der Waals surface area contributed by atoms with Crippen molar-refractivity contribution in [3.05, 3.63) is 78.4 Å². The molecule has 0 unspecified atom stereocenters. The van der Waals surface area contributed by atoms with Crippen LogP contribution in [-0.2, 0) is 13.0 Å². The molecule has 3 nitrogen and oxygen atoms in total. The van der Waals surface area contributed by atoms with E-state index in [4.69, 9.17) is 0 Å². The van der Waals surface area contributed by atoms with Crippen LogP contribution >= 0.6 is 0 Å². The fraction of sp³-hybridized carbons (Fsp3) is 0.250. The van der Waals surface area contributed by atoms with Gasteiger partial charge >= 0.3 is 0 Å². The minimum Gasteiger partial charge on any atom is -0.389 e. The number of aliphatic hydroxyl groups is 1. The Labute approximate surface area is 137 Å². The van der Waals surface area contributed by atoms with Crippen LogP contribution in [0.1, 0.15) is 25.0 Å². The molecule has 0 aliphatic rings. The molecule has 0 bridgehead atoms. The second kappa shape index (κ2) is 6.39. The first-order valence-electron chi connectivity index (χ1n) is 7.86. The minimum absolute atomic E-state index is 0.605. The Morgan fingerprint density at radius 3 is 2.22 bits per heavy atom.